The SMILES string of the molecule is CC(CN(C)Cc1ccno1)C(=O)O. The first-order valence-electron chi connectivity index (χ1n) is 4.40. The number of carboxylic acid groups (broad SMARTS) is 1. The van der Waals surface area contributed by atoms with Gasteiger partial charge in [-0.2, -0.15) is 0 Å². The van der Waals surface area contributed by atoms with Crippen LogP contribution in [0, 0.1) is 5.92 Å². The second-order valence-electron chi connectivity index (χ2n) is 3.41. The summed E-state index contributed by atoms with van der Waals surface area (Å²) in [7, 11) is 1.85. The van der Waals surface area contributed by atoms with Crippen LogP contribution in [-0.2, 0) is 11.3 Å². The van der Waals surface area contributed by atoms with Gasteiger partial charge < -0.3 is 9.63 Å². The Hall–Kier alpha value is -1.36. The first-order valence-corrected chi connectivity index (χ1v) is 4.40. The Labute approximate surface area is 82.3 Å². The molecule has 14 heavy (non-hydrogen) atoms. The average Bonchev–Trinajstić information content (AvgIpc) is 2.56. The highest BCUT2D eigenvalue weighted by Crippen LogP contribution is 2.04. The summed E-state index contributed by atoms with van der Waals surface area (Å²) < 4.78 is 4.91. The minimum absolute atomic E-state index is 0.372. The maximum Gasteiger partial charge on any atom is 0.307 e. The smallest absolute Gasteiger partial charge is 0.307 e. The van der Waals surface area contributed by atoms with Crippen LogP contribution in [0.25, 0.3) is 0 Å². The minimum atomic E-state index is -0.783. The number of carboxylic acids is 1. The molecule has 0 radical (unpaired) electrons. The van der Waals surface area contributed by atoms with E-state index in [2.05, 4.69) is 5.16 Å². The lowest BCUT2D eigenvalue weighted by molar-refractivity contribution is -0.141. The molecule has 1 atom stereocenters. The highest BCUT2D eigenvalue weighted by molar-refractivity contribution is 5.69. The van der Waals surface area contributed by atoms with Gasteiger partial charge in [0.2, 0.25) is 0 Å². The van der Waals surface area contributed by atoms with Crippen molar-refractivity contribution in [3.63, 3.8) is 0 Å². The summed E-state index contributed by atoms with van der Waals surface area (Å²) in [4.78, 5) is 12.5. The predicted molar refractivity (Wildman–Crippen MR) is 49.6 cm³/mol. The molecule has 0 fully saturated rings. The molecule has 0 spiro atoms. The summed E-state index contributed by atoms with van der Waals surface area (Å²) in [6.07, 6.45) is 1.57. The van der Waals surface area contributed by atoms with E-state index < -0.39 is 5.97 Å². The van der Waals surface area contributed by atoms with Gasteiger partial charge in [0.05, 0.1) is 18.7 Å². The summed E-state index contributed by atoms with van der Waals surface area (Å²) in [5.41, 5.74) is 0. The second kappa shape index (κ2) is 4.76. The monoisotopic (exact) mass is 198 g/mol. The minimum Gasteiger partial charge on any atom is -0.481 e. The third-order valence-corrected chi connectivity index (χ3v) is 1.92. The molecular weight excluding hydrogens is 184 g/mol. The van der Waals surface area contributed by atoms with Crippen LogP contribution in [-0.4, -0.2) is 34.7 Å². The Morgan fingerprint density at radius 1 is 1.79 bits per heavy atom. The third kappa shape index (κ3) is 3.18. The molecule has 0 aliphatic heterocycles. The molecule has 0 aliphatic carbocycles. The van der Waals surface area contributed by atoms with Gasteiger partial charge >= 0.3 is 5.97 Å². The van der Waals surface area contributed by atoms with Crippen molar-refractivity contribution in [2.45, 2.75) is 13.5 Å². The first-order chi connectivity index (χ1) is 6.59. The van der Waals surface area contributed by atoms with Crippen LogP contribution < -0.4 is 0 Å². The number of nitrogens with zero attached hydrogens (tertiary/aromatic N) is 2. The normalized spacial score (nSPS) is 13.1. The van der Waals surface area contributed by atoms with Crippen LogP contribution in [0.5, 0.6) is 0 Å². The van der Waals surface area contributed by atoms with E-state index in [4.69, 9.17) is 9.63 Å². The fourth-order valence-electron chi connectivity index (χ4n) is 1.20. The molecule has 5 nitrogen and oxygen atoms in total. The van der Waals surface area contributed by atoms with E-state index in [0.29, 0.717) is 13.1 Å². The van der Waals surface area contributed by atoms with E-state index in [1.165, 1.54) is 0 Å². The molecule has 0 amide bonds. The number of hydrogen-bond acceptors (Lipinski definition) is 4. The zero-order chi connectivity index (χ0) is 10.6. The highest BCUT2D eigenvalue weighted by Gasteiger charge is 2.14. The largest absolute Gasteiger partial charge is 0.481 e. The molecule has 0 bridgehead atoms. The molecule has 1 unspecified atom stereocenters. The van der Waals surface area contributed by atoms with Gasteiger partial charge in [-0.1, -0.05) is 12.1 Å². The maximum absolute atomic E-state index is 10.6. The van der Waals surface area contributed by atoms with Gasteiger partial charge in [0.15, 0.2) is 5.76 Å². The van der Waals surface area contributed by atoms with E-state index in [0.717, 1.165) is 5.76 Å². The van der Waals surface area contributed by atoms with Crippen molar-refractivity contribution in [1.29, 1.82) is 0 Å². The third-order valence-electron chi connectivity index (χ3n) is 1.92. The van der Waals surface area contributed by atoms with Crippen LogP contribution in [0.4, 0.5) is 0 Å². The summed E-state index contributed by atoms with van der Waals surface area (Å²) >= 11 is 0. The van der Waals surface area contributed by atoms with Gasteiger partial charge in [-0.3, -0.25) is 9.69 Å². The Balaban J connectivity index is 2.36. The van der Waals surface area contributed by atoms with Crippen molar-refractivity contribution >= 4 is 5.97 Å². The molecule has 0 aromatic carbocycles. The molecule has 0 saturated carbocycles. The van der Waals surface area contributed by atoms with Gasteiger partial charge in [0.1, 0.15) is 0 Å². The van der Waals surface area contributed by atoms with Gasteiger partial charge in [-0.05, 0) is 7.05 Å². The zero-order valence-corrected chi connectivity index (χ0v) is 8.30. The summed E-state index contributed by atoms with van der Waals surface area (Å²) in [6.45, 7) is 2.76. The van der Waals surface area contributed by atoms with E-state index in [9.17, 15) is 4.79 Å². The summed E-state index contributed by atoms with van der Waals surface area (Å²) in [6, 6.07) is 1.77. The average molecular weight is 198 g/mol. The van der Waals surface area contributed by atoms with Crippen LogP contribution >= 0.6 is 0 Å². The van der Waals surface area contributed by atoms with Crippen LogP contribution in [0.15, 0.2) is 16.8 Å². The van der Waals surface area contributed by atoms with E-state index in [1.54, 1.807) is 19.2 Å². The Kier molecular flexibility index (Phi) is 3.64. The topological polar surface area (TPSA) is 66.6 Å². The fourth-order valence-corrected chi connectivity index (χ4v) is 1.20. The first kappa shape index (κ1) is 10.7. The lowest BCUT2D eigenvalue weighted by Crippen LogP contribution is -2.28. The molecule has 0 saturated heterocycles. The lowest BCUT2D eigenvalue weighted by atomic mass is 10.2. The van der Waals surface area contributed by atoms with E-state index in [-0.39, 0.29) is 5.92 Å². The van der Waals surface area contributed by atoms with Crippen LogP contribution in [0.3, 0.4) is 0 Å². The van der Waals surface area contributed by atoms with E-state index in [1.807, 2.05) is 11.9 Å². The zero-order valence-electron chi connectivity index (χ0n) is 8.30. The molecule has 1 aromatic rings. The molecule has 0 aliphatic rings. The number of carbonyl (C=O) groups is 1. The Morgan fingerprint density at radius 2 is 2.50 bits per heavy atom. The molecule has 78 valence electrons. The standard InChI is InChI=1S/C9H14N2O3/c1-7(9(12)13)5-11(2)6-8-3-4-10-14-8/h3-4,7H,5-6H2,1-2H3,(H,12,13). The molecule has 1 aromatic heterocycles. The van der Waals surface area contributed by atoms with Crippen molar-refractivity contribution < 1.29 is 14.4 Å². The van der Waals surface area contributed by atoms with Crippen molar-refractivity contribution in [1.82, 2.24) is 10.1 Å². The number of aromatic nitrogens is 1. The number of rotatable bonds is 5. The molecule has 1 rings (SSSR count). The van der Waals surface area contributed by atoms with Crippen molar-refractivity contribution in [2.24, 2.45) is 5.92 Å². The maximum atomic E-state index is 10.6. The molecule has 1 N–H and O–H groups in total. The van der Waals surface area contributed by atoms with Gasteiger partial charge in [-0.15, -0.1) is 0 Å². The summed E-state index contributed by atoms with van der Waals surface area (Å²) in [5.74, 6) is -0.414. The van der Waals surface area contributed by atoms with Gasteiger partial charge in [-0.25, -0.2) is 0 Å². The molecular formula is C9H14N2O3. The second-order valence-corrected chi connectivity index (χ2v) is 3.41. The summed E-state index contributed by atoms with van der Waals surface area (Å²) in [5, 5.41) is 12.3. The molecule has 5 heteroatoms. The predicted octanol–water partition coefficient (Wildman–Crippen LogP) is 0.827. The number of hydrogen-bond donors (Lipinski definition) is 1. The van der Waals surface area contributed by atoms with Gasteiger partial charge in [0.25, 0.3) is 0 Å². The highest BCUT2D eigenvalue weighted by atomic mass is 16.5. The fraction of sp³-hybridized carbons (Fsp3) is 0.556. The molecule has 1 heterocycles. The number of aliphatic carboxylic acids is 1. The van der Waals surface area contributed by atoms with Crippen LogP contribution in [0.2, 0.25) is 0 Å². The quantitative estimate of drug-likeness (QED) is 0.759. The van der Waals surface area contributed by atoms with Crippen LogP contribution in [0.1, 0.15) is 12.7 Å². The van der Waals surface area contributed by atoms with E-state index >= 15 is 0 Å². The lowest BCUT2D eigenvalue weighted by Gasteiger charge is -2.16. The Bertz CT molecular complexity index is 284. The Morgan fingerprint density at radius 3 is 3.00 bits per heavy atom. The van der Waals surface area contributed by atoms with Crippen molar-refractivity contribution in [3.05, 3.63) is 18.0 Å². The van der Waals surface area contributed by atoms with Crippen molar-refractivity contribution in [3.8, 4) is 0 Å². The van der Waals surface area contributed by atoms with Crippen molar-refractivity contribution in [2.75, 3.05) is 13.6 Å². The van der Waals surface area contributed by atoms with Gasteiger partial charge in [0, 0.05) is 12.6 Å².